The third-order valence-corrected chi connectivity index (χ3v) is 10.3. The van der Waals surface area contributed by atoms with Crippen molar-refractivity contribution in [2.75, 3.05) is 19.8 Å². The number of allylic oxidation sites excluding steroid dienone is 4. The van der Waals surface area contributed by atoms with Crippen molar-refractivity contribution in [2.24, 2.45) is 0 Å². The zero-order chi connectivity index (χ0) is 38.2. The second kappa shape index (κ2) is 39.2. The molecule has 0 heterocycles. The van der Waals surface area contributed by atoms with Gasteiger partial charge in [-0.3, -0.25) is 18.6 Å². The molecule has 0 fully saturated rings. The summed E-state index contributed by atoms with van der Waals surface area (Å²) in [7, 11) is -4.28. The molecule has 0 bridgehead atoms. The van der Waals surface area contributed by atoms with Gasteiger partial charge in [-0.05, 0) is 51.9 Å². The Morgan fingerprint density at radius 3 is 1.38 bits per heavy atom. The Morgan fingerprint density at radius 1 is 0.519 bits per heavy atom. The molecule has 0 saturated carbocycles. The van der Waals surface area contributed by atoms with Crippen LogP contribution < -0.4 is 0 Å². The van der Waals surface area contributed by atoms with E-state index in [0.29, 0.717) is 12.8 Å². The van der Waals surface area contributed by atoms with Crippen molar-refractivity contribution < 1.29 is 37.6 Å². The van der Waals surface area contributed by atoms with Crippen LogP contribution in [0.5, 0.6) is 0 Å². The summed E-state index contributed by atoms with van der Waals surface area (Å²) in [6.45, 7) is 5.47. The van der Waals surface area contributed by atoms with Crippen molar-refractivity contribution >= 4 is 19.8 Å². The fourth-order valence-corrected chi connectivity index (χ4v) is 6.83. The van der Waals surface area contributed by atoms with E-state index in [1.54, 1.807) is 6.92 Å². The number of phosphoric acid groups is 1. The lowest BCUT2D eigenvalue weighted by atomic mass is 10.0. The number of carbonyl (C=O) groups is 2. The Balaban J connectivity index is 4.08. The predicted octanol–water partition coefficient (Wildman–Crippen LogP) is 13.5. The number of hydrogen-bond donors (Lipinski definition) is 1. The monoisotopic (exact) mass is 757 g/mol. The van der Waals surface area contributed by atoms with Gasteiger partial charge in [-0.2, -0.15) is 0 Å². The molecule has 306 valence electrons. The van der Waals surface area contributed by atoms with Gasteiger partial charge in [-0.15, -0.1) is 0 Å². The van der Waals surface area contributed by atoms with Crippen molar-refractivity contribution in [1.29, 1.82) is 0 Å². The Kier molecular flexibility index (Phi) is 38.1. The maximum Gasteiger partial charge on any atom is 0.472 e. The quantitative estimate of drug-likeness (QED) is 0.0285. The Morgan fingerprint density at radius 2 is 0.923 bits per heavy atom. The maximum atomic E-state index is 12.5. The topological polar surface area (TPSA) is 108 Å². The fourth-order valence-electron chi connectivity index (χ4n) is 6.07. The average Bonchev–Trinajstić information content (AvgIpc) is 3.12. The lowest BCUT2D eigenvalue weighted by molar-refractivity contribution is -0.161. The first-order chi connectivity index (χ1) is 25.3. The number of hydrogen-bond acceptors (Lipinski definition) is 7. The zero-order valence-corrected chi connectivity index (χ0v) is 34.9. The molecular weight excluding hydrogens is 675 g/mol. The first-order valence-electron chi connectivity index (χ1n) is 21.6. The number of ether oxygens (including phenoxy) is 2. The second-order valence-corrected chi connectivity index (χ2v) is 15.8. The molecule has 0 amide bonds. The normalized spacial score (nSPS) is 13.5. The zero-order valence-electron chi connectivity index (χ0n) is 34.0. The minimum absolute atomic E-state index is 0.000628. The van der Waals surface area contributed by atoms with Gasteiger partial charge in [0.05, 0.1) is 13.2 Å². The van der Waals surface area contributed by atoms with Crippen LogP contribution in [-0.2, 0) is 32.7 Å². The summed E-state index contributed by atoms with van der Waals surface area (Å²) < 4.78 is 32.6. The summed E-state index contributed by atoms with van der Waals surface area (Å²) in [5.74, 6) is -0.799. The van der Waals surface area contributed by atoms with Crippen LogP contribution in [0.15, 0.2) is 24.3 Å². The molecule has 9 heteroatoms. The van der Waals surface area contributed by atoms with E-state index >= 15 is 0 Å². The van der Waals surface area contributed by atoms with Gasteiger partial charge >= 0.3 is 19.8 Å². The predicted molar refractivity (Wildman–Crippen MR) is 216 cm³/mol. The summed E-state index contributed by atoms with van der Waals surface area (Å²) in [4.78, 5) is 34.7. The molecule has 2 unspecified atom stereocenters. The highest BCUT2D eigenvalue weighted by atomic mass is 31.2. The van der Waals surface area contributed by atoms with E-state index in [2.05, 4.69) is 38.2 Å². The molecule has 0 aromatic rings. The molecular formula is C43H81O8P. The highest BCUT2D eigenvalue weighted by Crippen LogP contribution is 2.43. The molecule has 0 rings (SSSR count). The van der Waals surface area contributed by atoms with Crippen LogP contribution in [0.3, 0.4) is 0 Å². The molecule has 0 spiro atoms. The summed E-state index contributed by atoms with van der Waals surface area (Å²) in [6.07, 6.45) is 42.2. The first-order valence-corrected chi connectivity index (χ1v) is 23.1. The number of esters is 2. The van der Waals surface area contributed by atoms with Crippen LogP contribution in [0.25, 0.3) is 0 Å². The van der Waals surface area contributed by atoms with Crippen LogP contribution in [-0.4, -0.2) is 42.8 Å². The third-order valence-electron chi connectivity index (χ3n) is 9.26. The molecule has 1 N–H and O–H groups in total. The number of carbonyl (C=O) groups excluding carboxylic acids is 2. The minimum Gasteiger partial charge on any atom is -0.462 e. The van der Waals surface area contributed by atoms with Crippen LogP contribution in [0.4, 0.5) is 0 Å². The van der Waals surface area contributed by atoms with Gasteiger partial charge in [-0.25, -0.2) is 4.57 Å². The summed E-state index contributed by atoms with van der Waals surface area (Å²) in [6, 6.07) is 0. The van der Waals surface area contributed by atoms with Gasteiger partial charge in [-0.1, -0.05) is 173 Å². The maximum absolute atomic E-state index is 12.5. The average molecular weight is 757 g/mol. The lowest BCUT2D eigenvalue weighted by Crippen LogP contribution is -2.29. The van der Waals surface area contributed by atoms with E-state index in [1.807, 2.05) is 0 Å². The molecule has 0 aliphatic carbocycles. The number of unbranched alkanes of at least 4 members (excludes halogenated alkanes) is 24. The lowest BCUT2D eigenvalue weighted by Gasteiger charge is -2.19. The molecule has 52 heavy (non-hydrogen) atoms. The summed E-state index contributed by atoms with van der Waals surface area (Å²) in [5.41, 5.74) is 0. The first kappa shape index (κ1) is 50.5. The highest BCUT2D eigenvalue weighted by molar-refractivity contribution is 7.47. The van der Waals surface area contributed by atoms with Gasteiger partial charge in [0, 0.05) is 12.8 Å². The van der Waals surface area contributed by atoms with Gasteiger partial charge in [0.15, 0.2) is 6.10 Å². The molecule has 0 radical (unpaired) electrons. The molecule has 0 aliphatic rings. The Bertz CT molecular complexity index is 906. The molecule has 0 aromatic carbocycles. The number of rotatable bonds is 40. The van der Waals surface area contributed by atoms with Crippen molar-refractivity contribution in [1.82, 2.24) is 0 Å². The largest absolute Gasteiger partial charge is 0.472 e. The molecule has 0 aliphatic heterocycles. The van der Waals surface area contributed by atoms with E-state index in [-0.39, 0.29) is 25.6 Å². The molecule has 8 nitrogen and oxygen atoms in total. The van der Waals surface area contributed by atoms with E-state index in [0.717, 1.165) is 51.4 Å². The van der Waals surface area contributed by atoms with Crippen molar-refractivity contribution in [3.8, 4) is 0 Å². The highest BCUT2D eigenvalue weighted by Gasteiger charge is 2.25. The third kappa shape index (κ3) is 38.3. The van der Waals surface area contributed by atoms with Crippen LogP contribution in [0, 0.1) is 0 Å². The smallest absolute Gasteiger partial charge is 0.462 e. The van der Waals surface area contributed by atoms with E-state index < -0.39 is 26.5 Å². The van der Waals surface area contributed by atoms with Gasteiger partial charge in [0.1, 0.15) is 6.61 Å². The van der Waals surface area contributed by atoms with Crippen LogP contribution >= 0.6 is 7.82 Å². The van der Waals surface area contributed by atoms with Crippen molar-refractivity contribution in [3.63, 3.8) is 0 Å². The Labute approximate surface area is 320 Å². The van der Waals surface area contributed by atoms with Crippen molar-refractivity contribution in [2.45, 2.75) is 219 Å². The van der Waals surface area contributed by atoms with Gasteiger partial charge < -0.3 is 14.4 Å². The summed E-state index contributed by atoms with van der Waals surface area (Å²) >= 11 is 0. The number of phosphoric ester groups is 1. The van der Waals surface area contributed by atoms with E-state index in [4.69, 9.17) is 18.5 Å². The SMILES string of the molecule is CCCCCC/C=C\C/C=C\CCCCCCCCCC(=O)OC(COC(=O)CCCCCCCCCCCCCCCC)COP(=O)(O)OCC. The molecule has 0 saturated heterocycles. The molecule has 0 aromatic heterocycles. The van der Waals surface area contributed by atoms with E-state index in [9.17, 15) is 19.0 Å². The van der Waals surface area contributed by atoms with E-state index in [1.165, 1.54) is 122 Å². The minimum atomic E-state index is -4.28. The Hall–Kier alpha value is -1.47. The van der Waals surface area contributed by atoms with Gasteiger partial charge in [0.2, 0.25) is 0 Å². The fraction of sp³-hybridized carbons (Fsp3) is 0.860. The standard InChI is InChI=1S/C43H81O8P/c1-4-7-9-11-13-15-17-19-21-22-23-24-26-28-30-32-34-36-38-43(45)51-41(40-50-52(46,47)49-6-3)39-48-42(44)37-35-33-31-29-27-25-20-18-16-14-12-10-8-5-2/h15,17,21-22,41H,4-14,16,18-20,23-40H2,1-3H3,(H,46,47)/b17-15-,22-21-. The van der Waals surface area contributed by atoms with Gasteiger partial charge in [0.25, 0.3) is 0 Å². The second-order valence-electron chi connectivity index (χ2n) is 14.4. The summed E-state index contributed by atoms with van der Waals surface area (Å²) in [5, 5.41) is 0. The van der Waals surface area contributed by atoms with Crippen molar-refractivity contribution in [3.05, 3.63) is 24.3 Å². The van der Waals surface area contributed by atoms with Crippen LogP contribution in [0.2, 0.25) is 0 Å². The van der Waals surface area contributed by atoms with Crippen LogP contribution in [0.1, 0.15) is 213 Å². The molecule has 2 atom stereocenters.